The van der Waals surface area contributed by atoms with Gasteiger partial charge in [-0.1, -0.05) is 13.3 Å². The lowest BCUT2D eigenvalue weighted by atomic mass is 10.3. The Labute approximate surface area is 129 Å². The Bertz CT molecular complexity index is 751. The first-order valence-corrected chi connectivity index (χ1v) is 7.40. The normalized spacial score (nSPS) is 10.8. The lowest BCUT2D eigenvalue weighted by Crippen LogP contribution is -2.04. The summed E-state index contributed by atoms with van der Waals surface area (Å²) in [4.78, 5) is 8.68. The smallest absolute Gasteiger partial charge is 0.168 e. The van der Waals surface area contributed by atoms with Gasteiger partial charge in [0.05, 0.1) is 24.4 Å². The van der Waals surface area contributed by atoms with Gasteiger partial charge in [0.25, 0.3) is 0 Å². The van der Waals surface area contributed by atoms with Crippen molar-refractivity contribution in [3.8, 4) is 11.4 Å². The zero-order valence-corrected chi connectivity index (χ0v) is 12.8. The summed E-state index contributed by atoms with van der Waals surface area (Å²) in [5, 5.41) is 8.72. The maximum Gasteiger partial charge on any atom is 0.168 e. The predicted octanol–water partition coefficient (Wildman–Crippen LogP) is 3.04. The fourth-order valence-corrected chi connectivity index (χ4v) is 2.28. The van der Waals surface area contributed by atoms with Crippen molar-refractivity contribution in [1.82, 2.24) is 19.7 Å². The molecule has 0 spiro atoms. The molecule has 3 rings (SSSR count). The summed E-state index contributed by atoms with van der Waals surface area (Å²) in [5.41, 5.74) is 1.73. The molecule has 22 heavy (non-hydrogen) atoms. The van der Waals surface area contributed by atoms with Crippen molar-refractivity contribution in [3.63, 3.8) is 0 Å². The van der Waals surface area contributed by atoms with Gasteiger partial charge in [-0.25, -0.2) is 14.6 Å². The first-order valence-electron chi connectivity index (χ1n) is 7.40. The van der Waals surface area contributed by atoms with Crippen molar-refractivity contribution in [2.75, 3.05) is 19.0 Å². The van der Waals surface area contributed by atoms with Crippen LogP contribution < -0.4 is 10.1 Å². The molecule has 0 unspecified atom stereocenters. The Kier molecular flexibility index (Phi) is 4.18. The van der Waals surface area contributed by atoms with E-state index in [0.29, 0.717) is 0 Å². The standard InChI is InChI=1S/C16H19N5O/c1-3-4-9-17-15-14-10-20-21(16(14)19-11-18-15)12-5-7-13(22-2)8-6-12/h5-8,10-11H,3-4,9H2,1-2H3,(H,17,18,19). The number of aromatic nitrogens is 4. The highest BCUT2D eigenvalue weighted by atomic mass is 16.5. The van der Waals surface area contributed by atoms with Gasteiger partial charge in [0, 0.05) is 6.54 Å². The van der Waals surface area contributed by atoms with Crippen LogP contribution in [0.1, 0.15) is 19.8 Å². The number of hydrogen-bond donors (Lipinski definition) is 1. The third kappa shape index (κ3) is 2.72. The minimum Gasteiger partial charge on any atom is -0.497 e. The molecule has 1 N–H and O–H groups in total. The van der Waals surface area contributed by atoms with E-state index in [2.05, 4.69) is 27.3 Å². The molecule has 0 aliphatic heterocycles. The summed E-state index contributed by atoms with van der Waals surface area (Å²) in [6.45, 7) is 3.06. The van der Waals surface area contributed by atoms with E-state index in [1.54, 1.807) is 24.3 Å². The minimum absolute atomic E-state index is 0.791. The van der Waals surface area contributed by atoms with E-state index in [4.69, 9.17) is 4.74 Å². The zero-order valence-electron chi connectivity index (χ0n) is 12.8. The quantitative estimate of drug-likeness (QED) is 0.708. The summed E-state index contributed by atoms with van der Waals surface area (Å²) < 4.78 is 6.99. The molecule has 6 nitrogen and oxygen atoms in total. The van der Waals surface area contributed by atoms with Crippen LogP contribution in [0.3, 0.4) is 0 Å². The van der Waals surface area contributed by atoms with Crippen LogP contribution in [0.25, 0.3) is 16.7 Å². The number of unbranched alkanes of at least 4 members (excludes halogenated alkanes) is 1. The Morgan fingerprint density at radius 1 is 1.18 bits per heavy atom. The molecule has 1 aromatic carbocycles. The molecule has 0 saturated carbocycles. The second-order valence-corrected chi connectivity index (χ2v) is 4.99. The summed E-state index contributed by atoms with van der Waals surface area (Å²) >= 11 is 0. The topological polar surface area (TPSA) is 64.9 Å². The number of hydrogen-bond acceptors (Lipinski definition) is 5. The maximum absolute atomic E-state index is 5.18. The van der Waals surface area contributed by atoms with Crippen molar-refractivity contribution in [2.24, 2.45) is 0 Å². The lowest BCUT2D eigenvalue weighted by Gasteiger charge is -2.06. The van der Waals surface area contributed by atoms with Crippen LogP contribution >= 0.6 is 0 Å². The van der Waals surface area contributed by atoms with Gasteiger partial charge in [-0.05, 0) is 30.7 Å². The maximum atomic E-state index is 5.18. The van der Waals surface area contributed by atoms with Crippen LogP contribution in [0.4, 0.5) is 5.82 Å². The molecule has 0 amide bonds. The second-order valence-electron chi connectivity index (χ2n) is 4.99. The second kappa shape index (κ2) is 6.43. The number of fused-ring (bicyclic) bond motifs is 1. The molecule has 0 bridgehead atoms. The fourth-order valence-electron chi connectivity index (χ4n) is 2.28. The molecule has 0 radical (unpaired) electrons. The number of nitrogens with zero attached hydrogens (tertiary/aromatic N) is 4. The Balaban J connectivity index is 1.95. The van der Waals surface area contributed by atoms with Gasteiger partial charge in [0.2, 0.25) is 0 Å². The molecule has 2 heterocycles. The van der Waals surface area contributed by atoms with Crippen LogP contribution in [0.5, 0.6) is 5.75 Å². The van der Waals surface area contributed by atoms with Gasteiger partial charge >= 0.3 is 0 Å². The van der Waals surface area contributed by atoms with Gasteiger partial charge in [-0.3, -0.25) is 0 Å². The molecule has 0 saturated heterocycles. The summed E-state index contributed by atoms with van der Waals surface area (Å²) in [6, 6.07) is 7.73. The largest absolute Gasteiger partial charge is 0.497 e. The van der Waals surface area contributed by atoms with Gasteiger partial charge in [0.15, 0.2) is 5.65 Å². The fraction of sp³-hybridized carbons (Fsp3) is 0.312. The first-order chi connectivity index (χ1) is 10.8. The van der Waals surface area contributed by atoms with Crippen LogP contribution in [0, 0.1) is 0 Å². The van der Waals surface area contributed by atoms with E-state index in [1.807, 2.05) is 24.3 Å². The minimum atomic E-state index is 0.791. The average Bonchev–Trinajstić information content (AvgIpc) is 3.00. The average molecular weight is 297 g/mol. The van der Waals surface area contributed by atoms with Gasteiger partial charge in [0.1, 0.15) is 17.9 Å². The molecule has 0 aliphatic rings. The molecule has 0 aliphatic carbocycles. The molecule has 0 fully saturated rings. The van der Waals surface area contributed by atoms with Crippen molar-refractivity contribution in [3.05, 3.63) is 36.8 Å². The summed E-state index contributed by atoms with van der Waals surface area (Å²) in [6.07, 6.45) is 5.62. The van der Waals surface area contributed by atoms with E-state index in [1.165, 1.54) is 0 Å². The van der Waals surface area contributed by atoms with E-state index in [-0.39, 0.29) is 0 Å². The Morgan fingerprint density at radius 2 is 2.00 bits per heavy atom. The monoisotopic (exact) mass is 297 g/mol. The van der Waals surface area contributed by atoms with Gasteiger partial charge in [-0.15, -0.1) is 0 Å². The highest BCUT2D eigenvalue weighted by molar-refractivity contribution is 5.87. The first kappa shape index (κ1) is 14.3. The van der Waals surface area contributed by atoms with Gasteiger partial charge in [-0.2, -0.15) is 5.10 Å². The van der Waals surface area contributed by atoms with Crippen molar-refractivity contribution >= 4 is 16.9 Å². The third-order valence-electron chi connectivity index (χ3n) is 3.51. The number of ether oxygens (including phenoxy) is 1. The van der Waals surface area contributed by atoms with Gasteiger partial charge < -0.3 is 10.1 Å². The SMILES string of the molecule is CCCCNc1ncnc2c1cnn2-c1ccc(OC)cc1. The van der Waals surface area contributed by atoms with E-state index in [9.17, 15) is 0 Å². The van der Waals surface area contributed by atoms with E-state index < -0.39 is 0 Å². The highest BCUT2D eigenvalue weighted by Gasteiger charge is 2.10. The number of benzene rings is 1. The third-order valence-corrected chi connectivity index (χ3v) is 3.51. The predicted molar refractivity (Wildman–Crippen MR) is 86.6 cm³/mol. The van der Waals surface area contributed by atoms with Crippen LogP contribution in [-0.2, 0) is 0 Å². The molecule has 0 atom stereocenters. The molecule has 6 heteroatoms. The molecule has 114 valence electrons. The number of methoxy groups -OCH3 is 1. The molecular weight excluding hydrogens is 278 g/mol. The Morgan fingerprint density at radius 3 is 2.73 bits per heavy atom. The summed E-state index contributed by atoms with van der Waals surface area (Å²) in [5.74, 6) is 1.65. The number of anilines is 1. The van der Waals surface area contributed by atoms with E-state index in [0.717, 1.165) is 47.7 Å². The van der Waals surface area contributed by atoms with Crippen molar-refractivity contribution < 1.29 is 4.74 Å². The molecular formula is C16H19N5O. The Hall–Kier alpha value is -2.63. The summed E-state index contributed by atoms with van der Waals surface area (Å²) in [7, 11) is 1.65. The van der Waals surface area contributed by atoms with Crippen LogP contribution in [0.15, 0.2) is 36.8 Å². The zero-order chi connectivity index (χ0) is 15.4. The lowest BCUT2D eigenvalue weighted by molar-refractivity contribution is 0.414. The van der Waals surface area contributed by atoms with Crippen LogP contribution in [0.2, 0.25) is 0 Å². The number of rotatable bonds is 6. The van der Waals surface area contributed by atoms with E-state index >= 15 is 0 Å². The van der Waals surface area contributed by atoms with Crippen molar-refractivity contribution in [2.45, 2.75) is 19.8 Å². The molecule has 2 aromatic heterocycles. The molecule has 3 aromatic rings. The number of nitrogens with one attached hydrogen (secondary N) is 1. The van der Waals surface area contributed by atoms with Crippen LogP contribution in [-0.4, -0.2) is 33.4 Å². The van der Waals surface area contributed by atoms with Crippen molar-refractivity contribution in [1.29, 1.82) is 0 Å². The highest BCUT2D eigenvalue weighted by Crippen LogP contribution is 2.22.